The SMILES string of the molecule is C=CC(=O)N1CCCC2(CC(n3nc(-c4ccc(COC)cc4)c(C(N)=O)c3N)C2)C1.CC#CC(=O)N1CCCC2(CC(n3nc(-c4ccc(COC)cc4)c(C(N)=O)c3N)C2)C1.CC#CC(=O)N1CCCC2(CC(n3nc(-c4ccc(COC)cc4)c(C(N)=O)c3N)C2)C1. The average Bonchev–Trinajstić information content (AvgIpc) is 1.70. The molecule has 3 spiro atoms. The van der Waals surface area contributed by atoms with Crippen LogP contribution in [0, 0.1) is 39.9 Å². The number of nitrogens with two attached hydrogens (primary N) is 6. The van der Waals surface area contributed by atoms with Crippen molar-refractivity contribution in [1.29, 1.82) is 0 Å². The molecule has 12 N–H and O–H groups in total. The van der Waals surface area contributed by atoms with E-state index in [0.29, 0.717) is 67.4 Å². The van der Waals surface area contributed by atoms with Gasteiger partial charge in [0.15, 0.2) is 0 Å². The van der Waals surface area contributed by atoms with Gasteiger partial charge in [-0.3, -0.25) is 28.8 Å². The van der Waals surface area contributed by atoms with Crippen molar-refractivity contribution < 1.29 is 43.0 Å². The van der Waals surface area contributed by atoms with Gasteiger partial charge in [0.1, 0.15) is 51.2 Å². The van der Waals surface area contributed by atoms with E-state index in [-0.39, 0.29) is 68.8 Å². The number of anilines is 3. The van der Waals surface area contributed by atoms with Crippen LogP contribution < -0.4 is 34.4 Å². The first-order valence-corrected chi connectivity index (χ1v) is 32.2. The maximum absolute atomic E-state index is 12.2. The number of nitrogen functional groups attached to an aromatic ring is 3. The molecule has 0 bridgehead atoms. The summed E-state index contributed by atoms with van der Waals surface area (Å²) in [7, 11) is 4.93. The fourth-order valence-electron chi connectivity index (χ4n) is 15.3. The number of piperidine rings is 3. The Kier molecular flexibility index (Phi) is 20.7. The topological polar surface area (TPSA) is 349 Å². The second-order valence-corrected chi connectivity index (χ2v) is 26.3. The van der Waals surface area contributed by atoms with Crippen molar-refractivity contribution in [2.24, 2.45) is 33.4 Å². The second-order valence-electron chi connectivity index (χ2n) is 26.3. The van der Waals surface area contributed by atoms with Crippen LogP contribution in [0.4, 0.5) is 17.5 Å². The molecule has 6 heterocycles. The van der Waals surface area contributed by atoms with Crippen molar-refractivity contribution >= 4 is 52.9 Å². The fraction of sp³-hybridized carbons (Fsp3) is 0.451. The summed E-state index contributed by atoms with van der Waals surface area (Å²) in [5, 5.41) is 14.1. The first-order valence-electron chi connectivity index (χ1n) is 32.2. The van der Waals surface area contributed by atoms with Gasteiger partial charge in [-0.1, -0.05) is 91.2 Å². The quantitative estimate of drug-likeness (QED) is 0.0412. The average molecular weight is 1290 g/mol. The lowest BCUT2D eigenvalue weighted by Crippen LogP contribution is -2.52. The molecule has 6 aliphatic rings. The van der Waals surface area contributed by atoms with Crippen LogP contribution in [0.2, 0.25) is 0 Å². The lowest BCUT2D eigenvalue weighted by molar-refractivity contribution is -0.133. The zero-order chi connectivity index (χ0) is 67.9. The number of nitrogens with zero attached hydrogens (tertiary/aromatic N) is 9. The van der Waals surface area contributed by atoms with E-state index in [1.54, 1.807) is 49.2 Å². The summed E-state index contributed by atoms with van der Waals surface area (Å²) in [5.41, 5.74) is 43.9. The van der Waals surface area contributed by atoms with Crippen molar-refractivity contribution in [3.63, 3.8) is 0 Å². The number of amides is 6. The molecule has 24 nitrogen and oxygen atoms in total. The predicted octanol–water partition coefficient (Wildman–Crippen LogP) is 7.20. The normalized spacial score (nSPS) is 22.4. The number of hydrogen-bond donors (Lipinski definition) is 6. The van der Waals surface area contributed by atoms with Gasteiger partial charge in [-0.2, -0.15) is 15.3 Å². The molecule has 24 heteroatoms. The van der Waals surface area contributed by atoms with Crippen LogP contribution in [0.5, 0.6) is 0 Å². The summed E-state index contributed by atoms with van der Waals surface area (Å²) >= 11 is 0. The van der Waals surface area contributed by atoms with Crippen molar-refractivity contribution in [3.8, 4) is 57.5 Å². The van der Waals surface area contributed by atoms with E-state index in [0.717, 1.165) is 137 Å². The Balaban J connectivity index is 0.000000155. The number of primary amides is 3. The van der Waals surface area contributed by atoms with Crippen LogP contribution >= 0.6 is 0 Å². The maximum atomic E-state index is 12.2. The summed E-state index contributed by atoms with van der Waals surface area (Å²) in [4.78, 5) is 78.7. The Morgan fingerprint density at radius 1 is 0.484 bits per heavy atom. The molecule has 6 amide bonds. The highest BCUT2D eigenvalue weighted by atomic mass is 16.5. The Labute approximate surface area is 554 Å². The van der Waals surface area contributed by atoms with Gasteiger partial charge in [0.25, 0.3) is 29.5 Å². The minimum atomic E-state index is -0.591. The standard InChI is InChI=1S/2C24H29N5O3.C23H29N5O3/c2*1-3-5-19(30)28-11-4-10-24(15-28)12-18(13-24)29-22(25)20(23(26)31)21(27-29)17-8-6-16(7-9-17)14-32-2;1-3-18(29)27-10-4-9-23(14-27)11-17(12-23)28-21(24)19(22(25)30)20(26-28)16-7-5-15(6-8-16)13-31-2/h2*6-9,18H,4,10-15,25H2,1-2H3,(H2,26,31);3,5-8,17H,1,4,9-14,24H2,2H3,(H2,25,30). The van der Waals surface area contributed by atoms with E-state index in [1.165, 1.54) is 6.08 Å². The number of benzene rings is 3. The first kappa shape index (κ1) is 68.1. The highest BCUT2D eigenvalue weighted by Crippen LogP contribution is 2.57. The molecule has 0 radical (unpaired) electrons. The summed E-state index contributed by atoms with van der Waals surface area (Å²) in [6.45, 7) is 12.9. The number of hydrogen-bond acceptors (Lipinski definition) is 15. The number of methoxy groups -OCH3 is 3. The molecule has 0 unspecified atom stereocenters. The Morgan fingerprint density at radius 3 is 1.01 bits per heavy atom. The van der Waals surface area contributed by atoms with Gasteiger partial charge in [0.05, 0.1) is 37.9 Å². The zero-order valence-corrected chi connectivity index (χ0v) is 55.0. The van der Waals surface area contributed by atoms with Gasteiger partial charge >= 0.3 is 0 Å². The van der Waals surface area contributed by atoms with Gasteiger partial charge in [0.2, 0.25) is 5.91 Å². The Bertz CT molecular complexity index is 3820. The van der Waals surface area contributed by atoms with Gasteiger partial charge < -0.3 is 63.3 Å². The molecule has 3 aromatic carbocycles. The van der Waals surface area contributed by atoms with Gasteiger partial charge in [-0.25, -0.2) is 14.0 Å². The zero-order valence-electron chi connectivity index (χ0n) is 55.0. The third kappa shape index (κ3) is 14.4. The fourth-order valence-corrected chi connectivity index (χ4v) is 15.3. The molecule has 3 aromatic heterocycles. The molecule has 3 aliphatic heterocycles. The van der Waals surface area contributed by atoms with Crippen molar-refractivity contribution in [1.82, 2.24) is 44.0 Å². The summed E-state index contributed by atoms with van der Waals surface area (Å²) in [5.74, 6) is 9.58. The highest BCUT2D eigenvalue weighted by Gasteiger charge is 2.52. The summed E-state index contributed by atoms with van der Waals surface area (Å²) in [6.07, 6.45) is 12.6. The highest BCUT2D eigenvalue weighted by molar-refractivity contribution is 6.05. The smallest absolute Gasteiger partial charge is 0.298 e. The van der Waals surface area contributed by atoms with Gasteiger partial charge in [0, 0.05) is 77.3 Å². The molecule has 3 saturated heterocycles. The van der Waals surface area contributed by atoms with Crippen LogP contribution in [-0.4, -0.2) is 140 Å². The van der Waals surface area contributed by atoms with E-state index in [2.05, 4.69) is 30.3 Å². The Morgan fingerprint density at radius 2 is 0.758 bits per heavy atom. The molecule has 6 fully saturated rings. The molecule has 3 aliphatic carbocycles. The molecule has 6 aromatic rings. The number of likely N-dealkylation sites (tertiary alicyclic amines) is 3. The molecule has 12 rings (SSSR count). The van der Waals surface area contributed by atoms with Crippen molar-refractivity contribution in [2.45, 2.75) is 129 Å². The van der Waals surface area contributed by atoms with Crippen LogP contribution in [0.15, 0.2) is 85.5 Å². The molecule has 500 valence electrons. The molecule has 0 atom stereocenters. The van der Waals surface area contributed by atoms with E-state index >= 15 is 0 Å². The molecular weight excluding hydrogens is 1210 g/mol. The molecule has 3 saturated carbocycles. The maximum Gasteiger partial charge on any atom is 0.298 e. The number of rotatable bonds is 16. The predicted molar refractivity (Wildman–Crippen MR) is 361 cm³/mol. The van der Waals surface area contributed by atoms with Crippen molar-refractivity contribution in [3.05, 3.63) is 119 Å². The number of ether oxygens (including phenoxy) is 3. The molecule has 95 heavy (non-hydrogen) atoms. The van der Waals surface area contributed by atoms with E-state index < -0.39 is 17.7 Å². The van der Waals surface area contributed by atoms with Crippen molar-refractivity contribution in [2.75, 3.05) is 77.8 Å². The lowest BCUT2D eigenvalue weighted by Gasteiger charge is -2.52. The Hall–Kier alpha value is -9.75. The van der Waals surface area contributed by atoms with E-state index in [1.807, 2.05) is 87.5 Å². The minimum Gasteiger partial charge on any atom is -0.383 e. The van der Waals surface area contributed by atoms with Crippen LogP contribution in [-0.2, 0) is 48.4 Å². The van der Waals surface area contributed by atoms with Gasteiger partial charge in [-0.15, -0.1) is 0 Å². The first-order chi connectivity index (χ1) is 45.6. The third-order valence-corrected chi connectivity index (χ3v) is 19.8. The van der Waals surface area contributed by atoms with Crippen LogP contribution in [0.3, 0.4) is 0 Å². The summed E-state index contributed by atoms with van der Waals surface area (Å²) < 4.78 is 20.7. The minimum absolute atomic E-state index is 0.0173. The van der Waals surface area contributed by atoms with E-state index in [4.69, 9.17) is 63.9 Å². The summed E-state index contributed by atoms with van der Waals surface area (Å²) in [6, 6.07) is 23.2. The number of carbonyl (C=O) groups excluding carboxylic acids is 6. The second kappa shape index (κ2) is 28.9. The number of aromatic nitrogens is 6. The number of carbonyl (C=O) groups is 6. The van der Waals surface area contributed by atoms with Crippen LogP contribution in [0.25, 0.3) is 33.8 Å². The largest absolute Gasteiger partial charge is 0.383 e. The molecular formula is C71H87N15O9. The third-order valence-electron chi connectivity index (χ3n) is 19.8. The van der Waals surface area contributed by atoms with Gasteiger partial charge in [-0.05, 0) is 142 Å². The lowest BCUT2D eigenvalue weighted by atomic mass is 9.61. The van der Waals surface area contributed by atoms with E-state index in [9.17, 15) is 28.8 Å². The monoisotopic (exact) mass is 1290 g/mol. The van der Waals surface area contributed by atoms with Crippen LogP contribution in [0.1, 0.15) is 157 Å².